The first-order valence-corrected chi connectivity index (χ1v) is 5.29. The van der Waals surface area contributed by atoms with Crippen molar-refractivity contribution in [3.63, 3.8) is 0 Å². The molecule has 17 heavy (non-hydrogen) atoms. The van der Waals surface area contributed by atoms with Crippen molar-refractivity contribution in [2.24, 2.45) is 0 Å². The van der Waals surface area contributed by atoms with E-state index in [0.29, 0.717) is 23.7 Å². The van der Waals surface area contributed by atoms with Crippen molar-refractivity contribution < 1.29 is 24.5 Å². The summed E-state index contributed by atoms with van der Waals surface area (Å²) < 4.78 is 10.5. The monoisotopic (exact) mass is 240 g/mol. The minimum Gasteiger partial charge on any atom is -0.492 e. The lowest BCUT2D eigenvalue weighted by molar-refractivity contribution is -0.139. The van der Waals surface area contributed by atoms with Gasteiger partial charge in [0.25, 0.3) is 0 Å². The third-order valence-corrected chi connectivity index (χ3v) is 2.24. The second-order valence-electron chi connectivity index (χ2n) is 3.43. The van der Waals surface area contributed by atoms with Crippen LogP contribution in [0.2, 0.25) is 0 Å². The summed E-state index contributed by atoms with van der Waals surface area (Å²) in [5.41, 5.74) is 0.417. The molecule has 0 amide bonds. The van der Waals surface area contributed by atoms with Crippen LogP contribution in [0.1, 0.15) is 25.0 Å². The number of ether oxygens (including phenoxy) is 2. The second-order valence-corrected chi connectivity index (χ2v) is 3.43. The molecule has 5 nitrogen and oxygen atoms in total. The van der Waals surface area contributed by atoms with Crippen LogP contribution in [0.25, 0.3) is 0 Å². The van der Waals surface area contributed by atoms with Crippen LogP contribution in [0.15, 0.2) is 18.2 Å². The zero-order valence-electron chi connectivity index (χ0n) is 9.84. The van der Waals surface area contributed by atoms with E-state index in [4.69, 9.17) is 14.6 Å². The first-order chi connectivity index (χ1) is 8.10. The van der Waals surface area contributed by atoms with Gasteiger partial charge in [0.05, 0.1) is 26.2 Å². The third kappa shape index (κ3) is 3.35. The molecule has 0 aromatic heterocycles. The minimum absolute atomic E-state index is 0.369. The lowest BCUT2D eigenvalue weighted by Gasteiger charge is -2.16. The zero-order valence-corrected chi connectivity index (χ0v) is 9.84. The van der Waals surface area contributed by atoms with Gasteiger partial charge in [-0.2, -0.15) is 0 Å². The largest absolute Gasteiger partial charge is 0.492 e. The van der Waals surface area contributed by atoms with Gasteiger partial charge >= 0.3 is 5.97 Å². The van der Waals surface area contributed by atoms with Crippen LogP contribution in [0.3, 0.4) is 0 Å². The topological polar surface area (TPSA) is 76.0 Å². The standard InChI is InChI=1S/C12H16O5/c1-3-17-10-6-4-5-8(12(10)16-2)9(13)7-11(14)15/h4-6,9,13H,3,7H2,1-2H3,(H,14,15). The Bertz CT molecular complexity index is 388. The smallest absolute Gasteiger partial charge is 0.306 e. The number of aliphatic hydroxyl groups is 1. The zero-order chi connectivity index (χ0) is 12.8. The summed E-state index contributed by atoms with van der Waals surface area (Å²) in [4.78, 5) is 10.6. The summed E-state index contributed by atoms with van der Waals surface area (Å²) in [7, 11) is 1.45. The van der Waals surface area contributed by atoms with Gasteiger partial charge in [-0.25, -0.2) is 0 Å². The van der Waals surface area contributed by atoms with Gasteiger partial charge in [0.2, 0.25) is 0 Å². The van der Waals surface area contributed by atoms with E-state index in [1.54, 1.807) is 18.2 Å². The number of benzene rings is 1. The van der Waals surface area contributed by atoms with Crippen molar-refractivity contribution in [3.05, 3.63) is 23.8 Å². The van der Waals surface area contributed by atoms with E-state index in [-0.39, 0.29) is 6.42 Å². The molecule has 1 aromatic carbocycles. The molecular weight excluding hydrogens is 224 g/mol. The Hall–Kier alpha value is -1.75. The lowest BCUT2D eigenvalue weighted by atomic mass is 10.0. The van der Waals surface area contributed by atoms with E-state index in [1.807, 2.05) is 6.92 Å². The molecule has 0 radical (unpaired) electrons. The molecule has 0 fully saturated rings. The van der Waals surface area contributed by atoms with Crippen LogP contribution in [-0.2, 0) is 4.79 Å². The maximum Gasteiger partial charge on any atom is 0.306 e. The molecule has 0 heterocycles. The molecule has 0 spiro atoms. The fourth-order valence-electron chi connectivity index (χ4n) is 1.56. The molecule has 1 rings (SSSR count). The highest BCUT2D eigenvalue weighted by Crippen LogP contribution is 2.35. The normalized spacial score (nSPS) is 11.9. The summed E-state index contributed by atoms with van der Waals surface area (Å²) in [5.74, 6) is -0.193. The van der Waals surface area contributed by atoms with E-state index in [9.17, 15) is 9.90 Å². The number of hydrogen-bond acceptors (Lipinski definition) is 4. The van der Waals surface area contributed by atoms with Crippen LogP contribution in [0.5, 0.6) is 11.5 Å². The average Bonchev–Trinajstić information content (AvgIpc) is 2.28. The highest BCUT2D eigenvalue weighted by molar-refractivity contribution is 5.68. The van der Waals surface area contributed by atoms with E-state index >= 15 is 0 Å². The summed E-state index contributed by atoms with van der Waals surface area (Å²) in [6.07, 6.45) is -1.48. The maximum absolute atomic E-state index is 10.6. The average molecular weight is 240 g/mol. The van der Waals surface area contributed by atoms with E-state index < -0.39 is 12.1 Å². The number of rotatable bonds is 6. The molecule has 0 aliphatic rings. The number of hydrogen-bond donors (Lipinski definition) is 2. The maximum atomic E-state index is 10.6. The van der Waals surface area contributed by atoms with Gasteiger partial charge in [0.1, 0.15) is 0 Å². The Labute approximate surface area is 99.6 Å². The SMILES string of the molecule is CCOc1cccc(C(O)CC(=O)O)c1OC. The number of aliphatic hydroxyl groups excluding tert-OH is 1. The highest BCUT2D eigenvalue weighted by Gasteiger charge is 2.19. The number of methoxy groups -OCH3 is 1. The quantitative estimate of drug-likeness (QED) is 0.789. The summed E-state index contributed by atoms with van der Waals surface area (Å²) >= 11 is 0. The third-order valence-electron chi connectivity index (χ3n) is 2.24. The molecule has 0 saturated carbocycles. The lowest BCUT2D eigenvalue weighted by Crippen LogP contribution is -2.08. The number of para-hydroxylation sites is 1. The van der Waals surface area contributed by atoms with Gasteiger partial charge in [-0.15, -0.1) is 0 Å². The highest BCUT2D eigenvalue weighted by atomic mass is 16.5. The molecule has 0 bridgehead atoms. The minimum atomic E-state index is -1.11. The molecule has 0 aliphatic heterocycles. The number of aliphatic carboxylic acids is 1. The van der Waals surface area contributed by atoms with Gasteiger partial charge in [-0.05, 0) is 13.0 Å². The van der Waals surface area contributed by atoms with Gasteiger partial charge in [-0.1, -0.05) is 12.1 Å². The second kappa shape index (κ2) is 6.10. The summed E-state index contributed by atoms with van der Waals surface area (Å²) in [6, 6.07) is 5.02. The van der Waals surface area contributed by atoms with Crippen molar-refractivity contribution in [2.45, 2.75) is 19.4 Å². The fraction of sp³-hybridized carbons (Fsp3) is 0.417. The Morgan fingerprint density at radius 1 is 1.47 bits per heavy atom. The van der Waals surface area contributed by atoms with Crippen LogP contribution >= 0.6 is 0 Å². The van der Waals surface area contributed by atoms with Crippen LogP contribution < -0.4 is 9.47 Å². The van der Waals surface area contributed by atoms with Gasteiger partial charge in [-0.3, -0.25) is 4.79 Å². The molecular formula is C12H16O5. The molecule has 0 saturated heterocycles. The predicted octanol–water partition coefficient (Wildman–Crippen LogP) is 1.60. The molecule has 94 valence electrons. The number of carboxylic acid groups (broad SMARTS) is 1. The Morgan fingerprint density at radius 3 is 2.71 bits per heavy atom. The van der Waals surface area contributed by atoms with E-state index in [2.05, 4.69) is 0 Å². The van der Waals surface area contributed by atoms with Gasteiger partial charge in [0.15, 0.2) is 11.5 Å². The van der Waals surface area contributed by atoms with Crippen LogP contribution in [0.4, 0.5) is 0 Å². The summed E-state index contributed by atoms with van der Waals surface area (Å²) in [6.45, 7) is 2.30. The molecule has 1 unspecified atom stereocenters. The summed E-state index contributed by atoms with van der Waals surface area (Å²) in [5, 5.41) is 18.4. The molecule has 5 heteroatoms. The molecule has 1 aromatic rings. The predicted molar refractivity (Wildman–Crippen MR) is 61.4 cm³/mol. The molecule has 1 atom stereocenters. The van der Waals surface area contributed by atoms with Crippen molar-refractivity contribution >= 4 is 5.97 Å². The number of carboxylic acids is 1. The van der Waals surface area contributed by atoms with Crippen molar-refractivity contribution in [2.75, 3.05) is 13.7 Å². The van der Waals surface area contributed by atoms with Crippen LogP contribution in [0, 0.1) is 0 Å². The number of carbonyl (C=O) groups is 1. The Morgan fingerprint density at radius 2 is 2.18 bits per heavy atom. The fourth-order valence-corrected chi connectivity index (χ4v) is 1.56. The Balaban J connectivity index is 3.05. The van der Waals surface area contributed by atoms with Crippen molar-refractivity contribution in [1.82, 2.24) is 0 Å². The van der Waals surface area contributed by atoms with Gasteiger partial charge < -0.3 is 19.7 Å². The van der Waals surface area contributed by atoms with Crippen molar-refractivity contribution in [3.8, 4) is 11.5 Å². The first-order valence-electron chi connectivity index (χ1n) is 5.29. The Kier molecular flexibility index (Phi) is 4.78. The molecule has 2 N–H and O–H groups in total. The van der Waals surface area contributed by atoms with Crippen LogP contribution in [-0.4, -0.2) is 29.9 Å². The van der Waals surface area contributed by atoms with E-state index in [1.165, 1.54) is 7.11 Å². The van der Waals surface area contributed by atoms with E-state index in [0.717, 1.165) is 0 Å². The van der Waals surface area contributed by atoms with Crippen molar-refractivity contribution in [1.29, 1.82) is 0 Å². The first kappa shape index (κ1) is 13.3. The van der Waals surface area contributed by atoms with Gasteiger partial charge in [0, 0.05) is 5.56 Å². The molecule has 0 aliphatic carbocycles.